The fraction of sp³-hybridized carbons (Fsp3) is 0.647. The highest BCUT2D eigenvalue weighted by Gasteiger charge is 2.49. The lowest BCUT2D eigenvalue weighted by atomic mass is 9.78. The quantitative estimate of drug-likeness (QED) is 0.298. The average Bonchev–Trinajstić information content (AvgIpc) is 3.24. The van der Waals surface area contributed by atoms with Gasteiger partial charge in [-0.3, -0.25) is 9.59 Å². The Bertz CT molecular complexity index is 478. The lowest BCUT2D eigenvalue weighted by Gasteiger charge is -2.27. The normalized spacial score (nSPS) is 16.6. The van der Waals surface area contributed by atoms with Crippen LogP contribution in [0.15, 0.2) is 11.6 Å². The second-order valence-electron chi connectivity index (χ2n) is 5.61. The summed E-state index contributed by atoms with van der Waals surface area (Å²) in [7, 11) is 2.47. The van der Waals surface area contributed by atoms with E-state index in [2.05, 4.69) is 5.92 Å². The van der Waals surface area contributed by atoms with Gasteiger partial charge in [0.05, 0.1) is 19.8 Å². The standard InChI is InChI=1S/C17H24O5/c1-6-8-17(14(18)20-4,15(19)21-5)12-13(3)11-16(9-10-16)22-7-2/h1,11H,7-10,12H2,2-5H3/b13-11+. The first kappa shape index (κ1) is 18.2. The van der Waals surface area contributed by atoms with Crippen molar-refractivity contribution in [1.82, 2.24) is 0 Å². The Labute approximate surface area is 132 Å². The van der Waals surface area contributed by atoms with Gasteiger partial charge in [-0.15, -0.1) is 12.3 Å². The smallest absolute Gasteiger partial charge is 0.324 e. The Morgan fingerprint density at radius 1 is 1.27 bits per heavy atom. The number of rotatable bonds is 8. The SMILES string of the molecule is C#CCC(C/C(C)=C/C1(OCC)CC1)(C(=O)OC)C(=O)OC. The highest BCUT2D eigenvalue weighted by Crippen LogP contribution is 2.43. The van der Waals surface area contributed by atoms with Gasteiger partial charge in [-0.1, -0.05) is 11.6 Å². The van der Waals surface area contributed by atoms with E-state index < -0.39 is 17.4 Å². The number of hydrogen-bond donors (Lipinski definition) is 0. The zero-order chi connectivity index (χ0) is 16.8. The van der Waals surface area contributed by atoms with Crippen molar-refractivity contribution >= 4 is 11.9 Å². The molecule has 5 nitrogen and oxygen atoms in total. The predicted molar refractivity (Wildman–Crippen MR) is 81.9 cm³/mol. The van der Waals surface area contributed by atoms with E-state index in [1.54, 1.807) is 0 Å². The minimum Gasteiger partial charge on any atom is -0.468 e. The molecular formula is C17H24O5. The van der Waals surface area contributed by atoms with E-state index in [1.807, 2.05) is 19.9 Å². The summed E-state index contributed by atoms with van der Waals surface area (Å²) in [6.07, 6.45) is 9.30. The van der Waals surface area contributed by atoms with Crippen LogP contribution in [0.4, 0.5) is 0 Å². The van der Waals surface area contributed by atoms with Crippen molar-refractivity contribution in [2.45, 2.75) is 45.1 Å². The van der Waals surface area contributed by atoms with Gasteiger partial charge in [-0.2, -0.15) is 0 Å². The number of esters is 2. The Kier molecular flexibility index (Phi) is 6.19. The molecular weight excluding hydrogens is 284 g/mol. The summed E-state index contributed by atoms with van der Waals surface area (Å²) in [5, 5.41) is 0. The summed E-state index contributed by atoms with van der Waals surface area (Å²) < 4.78 is 15.3. The summed E-state index contributed by atoms with van der Waals surface area (Å²) in [5.74, 6) is 1.04. The zero-order valence-corrected chi connectivity index (χ0v) is 13.7. The molecule has 0 aromatic carbocycles. The van der Waals surface area contributed by atoms with Crippen molar-refractivity contribution in [3.8, 4) is 12.3 Å². The Hall–Kier alpha value is -1.80. The van der Waals surface area contributed by atoms with Gasteiger partial charge < -0.3 is 14.2 Å². The van der Waals surface area contributed by atoms with Crippen LogP contribution in [0.2, 0.25) is 0 Å². The van der Waals surface area contributed by atoms with Crippen LogP contribution >= 0.6 is 0 Å². The van der Waals surface area contributed by atoms with Crippen LogP contribution in [0, 0.1) is 17.8 Å². The summed E-state index contributed by atoms with van der Waals surface area (Å²) in [6.45, 7) is 4.41. The van der Waals surface area contributed by atoms with Gasteiger partial charge in [0.2, 0.25) is 0 Å². The first-order valence-corrected chi connectivity index (χ1v) is 7.32. The lowest BCUT2D eigenvalue weighted by Crippen LogP contribution is -2.41. The van der Waals surface area contributed by atoms with E-state index in [4.69, 9.17) is 20.6 Å². The highest BCUT2D eigenvalue weighted by atomic mass is 16.5. The number of terminal acetylenes is 1. The van der Waals surface area contributed by atoms with E-state index in [9.17, 15) is 9.59 Å². The molecule has 122 valence electrons. The van der Waals surface area contributed by atoms with E-state index in [0.29, 0.717) is 6.61 Å². The van der Waals surface area contributed by atoms with Crippen molar-refractivity contribution < 1.29 is 23.8 Å². The van der Waals surface area contributed by atoms with Crippen LogP contribution in [-0.2, 0) is 23.8 Å². The molecule has 0 aliphatic heterocycles. The van der Waals surface area contributed by atoms with Gasteiger partial charge >= 0.3 is 11.9 Å². The second-order valence-corrected chi connectivity index (χ2v) is 5.61. The molecule has 0 N–H and O–H groups in total. The van der Waals surface area contributed by atoms with E-state index in [0.717, 1.165) is 18.4 Å². The molecule has 0 aromatic heterocycles. The summed E-state index contributed by atoms with van der Waals surface area (Å²) in [6, 6.07) is 0. The van der Waals surface area contributed by atoms with Gasteiger partial charge in [0.15, 0.2) is 5.41 Å². The molecule has 0 heterocycles. The third-order valence-corrected chi connectivity index (χ3v) is 3.82. The number of ether oxygens (including phenoxy) is 3. The molecule has 5 heteroatoms. The Morgan fingerprint density at radius 3 is 2.18 bits per heavy atom. The van der Waals surface area contributed by atoms with E-state index >= 15 is 0 Å². The average molecular weight is 308 g/mol. The van der Waals surface area contributed by atoms with E-state index in [1.165, 1.54) is 14.2 Å². The van der Waals surface area contributed by atoms with Crippen LogP contribution in [0.25, 0.3) is 0 Å². The van der Waals surface area contributed by atoms with Gasteiger partial charge in [-0.25, -0.2) is 0 Å². The maximum atomic E-state index is 12.2. The van der Waals surface area contributed by atoms with Crippen LogP contribution in [0.1, 0.15) is 39.5 Å². The molecule has 1 fully saturated rings. The zero-order valence-electron chi connectivity index (χ0n) is 13.7. The Balaban J connectivity index is 3.07. The Morgan fingerprint density at radius 2 is 1.82 bits per heavy atom. The first-order chi connectivity index (χ1) is 10.4. The van der Waals surface area contributed by atoms with Crippen LogP contribution in [-0.4, -0.2) is 38.4 Å². The first-order valence-electron chi connectivity index (χ1n) is 7.32. The number of allylic oxidation sites excluding steroid dienone is 1. The van der Waals surface area contributed by atoms with Crippen LogP contribution < -0.4 is 0 Å². The molecule has 1 aliphatic rings. The van der Waals surface area contributed by atoms with Gasteiger partial charge in [0.25, 0.3) is 0 Å². The molecule has 1 rings (SSSR count). The molecule has 0 saturated heterocycles. The minimum atomic E-state index is -1.50. The molecule has 0 bridgehead atoms. The number of hydrogen-bond acceptors (Lipinski definition) is 5. The third kappa shape index (κ3) is 3.89. The number of carbonyl (C=O) groups excluding carboxylic acids is 2. The molecule has 0 amide bonds. The molecule has 0 atom stereocenters. The second kappa shape index (κ2) is 7.46. The summed E-state index contributed by atoms with van der Waals surface area (Å²) >= 11 is 0. The minimum absolute atomic E-state index is 0.0703. The van der Waals surface area contributed by atoms with Crippen molar-refractivity contribution in [1.29, 1.82) is 0 Å². The van der Waals surface area contributed by atoms with E-state index in [-0.39, 0.29) is 18.4 Å². The van der Waals surface area contributed by atoms with Crippen molar-refractivity contribution in [2.24, 2.45) is 5.41 Å². The molecule has 0 radical (unpaired) electrons. The predicted octanol–water partition coefficient (Wildman–Crippen LogP) is 2.25. The van der Waals surface area contributed by atoms with Crippen LogP contribution in [0.5, 0.6) is 0 Å². The largest absolute Gasteiger partial charge is 0.468 e. The topological polar surface area (TPSA) is 61.8 Å². The van der Waals surface area contributed by atoms with Crippen LogP contribution in [0.3, 0.4) is 0 Å². The van der Waals surface area contributed by atoms with Gasteiger partial charge in [0, 0.05) is 13.0 Å². The molecule has 0 unspecified atom stereocenters. The molecule has 0 spiro atoms. The molecule has 0 aromatic rings. The van der Waals surface area contributed by atoms with Gasteiger partial charge in [-0.05, 0) is 33.1 Å². The van der Waals surface area contributed by atoms with Gasteiger partial charge in [0.1, 0.15) is 0 Å². The number of carbonyl (C=O) groups is 2. The summed E-state index contributed by atoms with van der Waals surface area (Å²) in [5.41, 5.74) is -0.898. The fourth-order valence-electron chi connectivity index (χ4n) is 2.72. The van der Waals surface area contributed by atoms with Crippen molar-refractivity contribution in [3.05, 3.63) is 11.6 Å². The fourth-order valence-corrected chi connectivity index (χ4v) is 2.72. The molecule has 1 aliphatic carbocycles. The lowest BCUT2D eigenvalue weighted by molar-refractivity contribution is -0.168. The van der Waals surface area contributed by atoms with Crippen molar-refractivity contribution in [2.75, 3.05) is 20.8 Å². The summed E-state index contributed by atoms with van der Waals surface area (Å²) in [4.78, 5) is 24.4. The van der Waals surface area contributed by atoms with Crippen molar-refractivity contribution in [3.63, 3.8) is 0 Å². The highest BCUT2D eigenvalue weighted by molar-refractivity contribution is 6.00. The number of methoxy groups -OCH3 is 2. The maximum Gasteiger partial charge on any atom is 0.324 e. The molecule has 22 heavy (non-hydrogen) atoms. The maximum absolute atomic E-state index is 12.2. The molecule has 1 saturated carbocycles. The third-order valence-electron chi connectivity index (χ3n) is 3.82. The monoisotopic (exact) mass is 308 g/mol.